The third kappa shape index (κ3) is 6.09. The predicted molar refractivity (Wildman–Crippen MR) is 108 cm³/mol. The number of hydrogen-bond donors (Lipinski definition) is 0. The van der Waals surface area contributed by atoms with Crippen molar-refractivity contribution in [2.75, 3.05) is 38.7 Å². The van der Waals surface area contributed by atoms with Gasteiger partial charge in [0, 0.05) is 31.4 Å². The maximum atomic E-state index is 5.35. The molecule has 0 heterocycles. The maximum absolute atomic E-state index is 5.35. The zero-order chi connectivity index (χ0) is 18.1. The molecule has 3 heteroatoms. The fourth-order valence-electron chi connectivity index (χ4n) is 3.04. The van der Waals surface area contributed by atoms with Gasteiger partial charge < -0.3 is 14.5 Å². The van der Waals surface area contributed by atoms with Crippen molar-refractivity contribution in [3.8, 4) is 5.75 Å². The molecule has 136 valence electrons. The van der Waals surface area contributed by atoms with Gasteiger partial charge in [0.05, 0.1) is 7.11 Å². The number of ether oxygens (including phenoxy) is 1. The third-order valence-electron chi connectivity index (χ3n) is 4.58. The van der Waals surface area contributed by atoms with E-state index in [4.69, 9.17) is 4.74 Å². The molecule has 0 N–H and O–H groups in total. The number of anilines is 1. The van der Waals surface area contributed by atoms with Gasteiger partial charge in [0.1, 0.15) is 5.75 Å². The Hall–Kier alpha value is -2.00. The standard InChI is InChI=1S/C22H32N2O/c1-5-15-23(3)16-14-19-10-12-20(13-11-19)18-24(6-2)21-8-7-9-22(17-21)25-4/h7-13,17H,5-6,14-16,18H2,1-4H3. The second-order valence-electron chi connectivity index (χ2n) is 6.59. The molecule has 0 saturated heterocycles. The van der Waals surface area contributed by atoms with E-state index >= 15 is 0 Å². The van der Waals surface area contributed by atoms with Crippen LogP contribution in [0.1, 0.15) is 31.4 Å². The van der Waals surface area contributed by atoms with Crippen LogP contribution in [0.4, 0.5) is 5.69 Å². The van der Waals surface area contributed by atoms with Crippen LogP contribution >= 0.6 is 0 Å². The van der Waals surface area contributed by atoms with Crippen LogP contribution in [-0.4, -0.2) is 38.7 Å². The Labute approximate surface area is 153 Å². The molecule has 25 heavy (non-hydrogen) atoms. The molecular formula is C22H32N2O. The number of methoxy groups -OCH3 is 1. The zero-order valence-electron chi connectivity index (χ0n) is 16.2. The average Bonchev–Trinajstić information content (AvgIpc) is 2.65. The lowest BCUT2D eigenvalue weighted by Crippen LogP contribution is -2.22. The van der Waals surface area contributed by atoms with Crippen LogP contribution in [0.2, 0.25) is 0 Å². The zero-order valence-corrected chi connectivity index (χ0v) is 16.2. The number of rotatable bonds is 10. The molecule has 2 aromatic carbocycles. The second kappa shape index (κ2) is 10.1. The molecule has 0 unspecified atom stereocenters. The van der Waals surface area contributed by atoms with E-state index in [2.05, 4.69) is 67.1 Å². The Balaban J connectivity index is 1.96. The van der Waals surface area contributed by atoms with Crippen molar-refractivity contribution >= 4 is 5.69 Å². The van der Waals surface area contributed by atoms with Crippen molar-refractivity contribution in [2.24, 2.45) is 0 Å². The van der Waals surface area contributed by atoms with Gasteiger partial charge in [-0.05, 0) is 56.6 Å². The van der Waals surface area contributed by atoms with E-state index in [1.807, 2.05) is 12.1 Å². The van der Waals surface area contributed by atoms with Crippen molar-refractivity contribution in [3.05, 3.63) is 59.7 Å². The van der Waals surface area contributed by atoms with Crippen LogP contribution in [0.5, 0.6) is 5.75 Å². The molecule has 0 radical (unpaired) electrons. The topological polar surface area (TPSA) is 15.7 Å². The highest BCUT2D eigenvalue weighted by Crippen LogP contribution is 2.22. The first-order valence-electron chi connectivity index (χ1n) is 9.31. The molecule has 3 nitrogen and oxygen atoms in total. The van der Waals surface area contributed by atoms with E-state index in [0.29, 0.717) is 0 Å². The minimum absolute atomic E-state index is 0.905. The summed E-state index contributed by atoms with van der Waals surface area (Å²) in [7, 11) is 3.91. The summed E-state index contributed by atoms with van der Waals surface area (Å²) in [5.41, 5.74) is 3.96. The number of likely N-dealkylation sites (N-methyl/N-ethyl adjacent to an activating group) is 1. The smallest absolute Gasteiger partial charge is 0.120 e. The summed E-state index contributed by atoms with van der Waals surface area (Å²) in [6, 6.07) is 17.3. The van der Waals surface area contributed by atoms with Gasteiger partial charge in [0.2, 0.25) is 0 Å². The molecule has 0 bridgehead atoms. The van der Waals surface area contributed by atoms with Crippen LogP contribution < -0.4 is 9.64 Å². The quantitative estimate of drug-likeness (QED) is 0.628. The molecule has 0 amide bonds. The number of benzene rings is 2. The highest BCUT2D eigenvalue weighted by atomic mass is 16.5. The molecule has 2 rings (SSSR count). The molecule has 0 aliphatic heterocycles. The fourth-order valence-corrected chi connectivity index (χ4v) is 3.04. The summed E-state index contributed by atoms with van der Waals surface area (Å²) in [5, 5.41) is 0. The van der Waals surface area contributed by atoms with Crippen LogP contribution in [0.15, 0.2) is 48.5 Å². The third-order valence-corrected chi connectivity index (χ3v) is 4.58. The monoisotopic (exact) mass is 340 g/mol. The molecule has 2 aromatic rings. The summed E-state index contributed by atoms with van der Waals surface area (Å²) in [6.07, 6.45) is 2.33. The predicted octanol–water partition coefficient (Wildman–Crippen LogP) is 4.61. The lowest BCUT2D eigenvalue weighted by Gasteiger charge is -2.24. The number of hydrogen-bond acceptors (Lipinski definition) is 3. The van der Waals surface area contributed by atoms with E-state index in [9.17, 15) is 0 Å². The highest BCUT2D eigenvalue weighted by Gasteiger charge is 2.07. The van der Waals surface area contributed by atoms with Gasteiger partial charge in [-0.3, -0.25) is 0 Å². The molecular weight excluding hydrogens is 308 g/mol. The van der Waals surface area contributed by atoms with Gasteiger partial charge in [-0.25, -0.2) is 0 Å². The lowest BCUT2D eigenvalue weighted by molar-refractivity contribution is 0.339. The van der Waals surface area contributed by atoms with Crippen molar-refractivity contribution in [2.45, 2.75) is 33.2 Å². The average molecular weight is 341 g/mol. The highest BCUT2D eigenvalue weighted by molar-refractivity contribution is 5.51. The number of nitrogens with zero attached hydrogens (tertiary/aromatic N) is 2. The lowest BCUT2D eigenvalue weighted by atomic mass is 10.1. The van der Waals surface area contributed by atoms with Crippen molar-refractivity contribution in [1.82, 2.24) is 4.90 Å². The van der Waals surface area contributed by atoms with Crippen LogP contribution in [0.25, 0.3) is 0 Å². The normalized spacial score (nSPS) is 10.9. The largest absolute Gasteiger partial charge is 0.497 e. The molecule has 0 spiro atoms. The molecule has 0 fully saturated rings. The minimum atomic E-state index is 0.905. The first-order valence-corrected chi connectivity index (χ1v) is 9.31. The molecule has 0 aromatic heterocycles. The Morgan fingerprint density at radius 2 is 1.64 bits per heavy atom. The van der Waals surface area contributed by atoms with E-state index < -0.39 is 0 Å². The van der Waals surface area contributed by atoms with E-state index in [1.165, 1.54) is 29.8 Å². The molecule has 0 aliphatic carbocycles. The van der Waals surface area contributed by atoms with Gasteiger partial charge in [-0.1, -0.05) is 37.3 Å². The van der Waals surface area contributed by atoms with Gasteiger partial charge in [0.25, 0.3) is 0 Å². The van der Waals surface area contributed by atoms with Crippen molar-refractivity contribution < 1.29 is 4.74 Å². The van der Waals surface area contributed by atoms with Crippen LogP contribution in [-0.2, 0) is 13.0 Å². The summed E-state index contributed by atoms with van der Waals surface area (Å²) in [6.45, 7) is 8.60. The Kier molecular flexibility index (Phi) is 7.80. The summed E-state index contributed by atoms with van der Waals surface area (Å²) in [4.78, 5) is 4.77. The van der Waals surface area contributed by atoms with Crippen LogP contribution in [0.3, 0.4) is 0 Å². The SMILES string of the molecule is CCCN(C)CCc1ccc(CN(CC)c2cccc(OC)c2)cc1. The van der Waals surface area contributed by atoms with Gasteiger partial charge in [-0.2, -0.15) is 0 Å². The Morgan fingerprint density at radius 3 is 2.28 bits per heavy atom. The van der Waals surface area contributed by atoms with Crippen molar-refractivity contribution in [1.29, 1.82) is 0 Å². The Bertz CT molecular complexity index is 624. The first kappa shape index (κ1) is 19.3. The summed E-state index contributed by atoms with van der Waals surface area (Å²) in [5.74, 6) is 0.905. The minimum Gasteiger partial charge on any atom is -0.497 e. The van der Waals surface area contributed by atoms with E-state index in [-0.39, 0.29) is 0 Å². The van der Waals surface area contributed by atoms with E-state index in [0.717, 1.165) is 31.8 Å². The van der Waals surface area contributed by atoms with Crippen molar-refractivity contribution in [3.63, 3.8) is 0 Å². The molecule has 0 aliphatic rings. The summed E-state index contributed by atoms with van der Waals surface area (Å²) < 4.78 is 5.35. The molecule has 0 saturated carbocycles. The fraction of sp³-hybridized carbons (Fsp3) is 0.455. The maximum Gasteiger partial charge on any atom is 0.120 e. The molecule has 0 atom stereocenters. The summed E-state index contributed by atoms with van der Waals surface area (Å²) >= 11 is 0. The van der Waals surface area contributed by atoms with Gasteiger partial charge >= 0.3 is 0 Å². The van der Waals surface area contributed by atoms with E-state index in [1.54, 1.807) is 7.11 Å². The first-order chi connectivity index (χ1) is 12.2. The van der Waals surface area contributed by atoms with Crippen LogP contribution in [0, 0.1) is 0 Å². The second-order valence-corrected chi connectivity index (χ2v) is 6.59. The Morgan fingerprint density at radius 1 is 0.920 bits per heavy atom. The van der Waals surface area contributed by atoms with Gasteiger partial charge in [0.15, 0.2) is 0 Å². The van der Waals surface area contributed by atoms with Gasteiger partial charge in [-0.15, -0.1) is 0 Å².